The van der Waals surface area contributed by atoms with E-state index in [1.54, 1.807) is 4.72 Å². The van der Waals surface area contributed by atoms with Crippen LogP contribution in [0.4, 0.5) is 57.1 Å². The highest BCUT2D eigenvalue weighted by Crippen LogP contribution is 2.60. The van der Waals surface area contributed by atoms with Crippen LogP contribution < -0.4 is 4.72 Å². The maximum atomic E-state index is 13.7. The van der Waals surface area contributed by atoms with Gasteiger partial charge in [0.05, 0.1) is 5.75 Å². The number of nitrogens with zero attached hydrogens (tertiary/aromatic N) is 1. The second kappa shape index (κ2) is 10.1. The molecule has 0 unspecified atom stereocenters. The minimum atomic E-state index is -8.05. The minimum absolute atomic E-state index is 0.0783. The first-order chi connectivity index (χ1) is 15.1. The first-order valence-corrected chi connectivity index (χ1v) is 10.7. The van der Waals surface area contributed by atoms with Gasteiger partial charge in [-0.3, -0.25) is 4.84 Å². The van der Waals surface area contributed by atoms with Crippen LogP contribution in [0, 0.1) is 0 Å². The summed E-state index contributed by atoms with van der Waals surface area (Å²) in [6.45, 7) is 0.368. The highest BCUT2D eigenvalue weighted by molar-refractivity contribution is 7.89. The van der Waals surface area contributed by atoms with Gasteiger partial charge in [0.15, 0.2) is 0 Å². The van der Waals surface area contributed by atoms with Crippen molar-refractivity contribution in [2.45, 2.75) is 55.6 Å². The van der Waals surface area contributed by atoms with Crippen molar-refractivity contribution in [2.75, 3.05) is 32.9 Å². The molecule has 0 spiro atoms. The monoisotopic (exact) mass is 571 g/mol. The van der Waals surface area contributed by atoms with Crippen LogP contribution in [0.5, 0.6) is 0 Å². The molecule has 0 bridgehead atoms. The van der Waals surface area contributed by atoms with Crippen LogP contribution in [0.2, 0.25) is 0 Å². The maximum absolute atomic E-state index is 13.7. The van der Waals surface area contributed by atoms with E-state index >= 15 is 0 Å². The molecule has 35 heavy (non-hydrogen) atoms. The molecule has 0 atom stereocenters. The van der Waals surface area contributed by atoms with Crippen molar-refractivity contribution in [1.82, 2.24) is 4.72 Å². The second-order valence-electron chi connectivity index (χ2n) is 7.70. The Morgan fingerprint density at radius 1 is 0.800 bits per heavy atom. The van der Waals surface area contributed by atoms with Crippen molar-refractivity contribution >= 4 is 16.0 Å². The highest BCUT2D eigenvalue weighted by atomic mass is 32.2. The molecule has 210 valence electrons. The van der Waals surface area contributed by atoms with Gasteiger partial charge in [-0.1, -0.05) is 0 Å². The van der Waals surface area contributed by atoms with E-state index in [2.05, 4.69) is 0 Å². The summed E-state index contributed by atoms with van der Waals surface area (Å²) < 4.78 is 194. The number of rotatable bonds is 13. The summed E-state index contributed by atoms with van der Waals surface area (Å²) >= 11 is 0. The molecule has 1 N–H and O–H groups in total. The van der Waals surface area contributed by atoms with E-state index in [-0.39, 0.29) is 13.0 Å². The average Bonchev–Trinajstić information content (AvgIpc) is 2.61. The van der Waals surface area contributed by atoms with Crippen molar-refractivity contribution in [3.63, 3.8) is 0 Å². The number of sulfonamides is 1. The lowest BCUT2D eigenvalue weighted by Crippen LogP contribution is -2.70. The van der Waals surface area contributed by atoms with Gasteiger partial charge >= 0.3 is 41.8 Å². The van der Waals surface area contributed by atoms with E-state index in [1.165, 1.54) is 14.1 Å². The zero-order chi connectivity index (χ0) is 28.5. The van der Waals surface area contributed by atoms with Crippen LogP contribution in [0.15, 0.2) is 0 Å². The summed E-state index contributed by atoms with van der Waals surface area (Å²) in [6, 6.07) is 0. The van der Waals surface area contributed by atoms with Crippen molar-refractivity contribution in [1.29, 1.82) is 0 Å². The molecule has 0 fully saturated rings. The Bertz CT molecular complexity index is 857. The van der Waals surface area contributed by atoms with Crippen LogP contribution in [-0.2, 0) is 19.7 Å². The molecule has 0 aliphatic heterocycles. The molecule has 0 aromatic carbocycles. The highest BCUT2D eigenvalue weighted by Gasteiger charge is 2.90. The van der Waals surface area contributed by atoms with Crippen molar-refractivity contribution in [2.24, 2.45) is 0 Å². The topological polar surface area (TPSA) is 72.5 Å². The SMILES string of the molecule is CC(=O)O[N+](C)(C)CCCNS(=O)(=O)CCC(F)(F)C(F)(F)C(F)(F)C(F)(F)C(F)(F)C(F)(F)F. The third-order valence-corrected chi connectivity index (χ3v) is 5.64. The predicted octanol–water partition coefficient (Wildman–Crippen LogP) is 3.98. The first-order valence-electron chi connectivity index (χ1n) is 9.04. The van der Waals surface area contributed by atoms with Gasteiger partial charge < -0.3 is 0 Å². The fourth-order valence-electron chi connectivity index (χ4n) is 2.37. The molecule has 0 amide bonds. The summed E-state index contributed by atoms with van der Waals surface area (Å²) in [7, 11) is -2.30. The molecular formula is C15H20F13N2O4S+. The van der Waals surface area contributed by atoms with Gasteiger partial charge in [0.2, 0.25) is 10.0 Å². The standard InChI is InChI=1S/C15H20F13N2O4S/c1-9(31)34-30(2,3)7-4-6-29-35(32,33)8-5-10(16,17)11(18,19)12(20,21)13(22,23)14(24,25)15(26,27)28/h29H,4-8H2,1-3H3/q+1. The summed E-state index contributed by atoms with van der Waals surface area (Å²) in [4.78, 5) is 15.7. The largest absolute Gasteiger partial charge is 0.460 e. The summed E-state index contributed by atoms with van der Waals surface area (Å²) in [5.41, 5.74) is 0. The van der Waals surface area contributed by atoms with E-state index in [0.717, 1.165) is 6.92 Å². The van der Waals surface area contributed by atoms with Crippen LogP contribution in [0.3, 0.4) is 0 Å². The number of hydrogen-bond donors (Lipinski definition) is 1. The molecule has 0 aliphatic rings. The number of halogens is 13. The normalized spacial score (nSPS) is 15.3. The lowest BCUT2D eigenvalue weighted by atomic mass is 9.93. The van der Waals surface area contributed by atoms with Crippen LogP contribution in [-0.4, -0.2) is 87.8 Å². The van der Waals surface area contributed by atoms with Crippen LogP contribution in [0.1, 0.15) is 19.8 Å². The maximum Gasteiger partial charge on any atom is 0.460 e. The number of quaternary nitrogens is 1. The molecule has 0 saturated carbocycles. The molecule has 6 nitrogen and oxygen atoms in total. The Morgan fingerprint density at radius 2 is 1.23 bits per heavy atom. The second-order valence-corrected chi connectivity index (χ2v) is 9.62. The zero-order valence-corrected chi connectivity index (χ0v) is 18.8. The molecule has 20 heteroatoms. The lowest BCUT2D eigenvalue weighted by molar-refractivity contribution is -1.06. The Kier molecular flexibility index (Phi) is 9.61. The third-order valence-electron chi connectivity index (χ3n) is 4.25. The molecule has 0 aromatic rings. The Hall–Kier alpha value is -1.57. The van der Waals surface area contributed by atoms with E-state index in [9.17, 15) is 70.3 Å². The van der Waals surface area contributed by atoms with Gasteiger partial charge in [0.25, 0.3) is 0 Å². The molecule has 0 saturated heterocycles. The number of hydroxylamine groups is 3. The van der Waals surface area contributed by atoms with Crippen molar-refractivity contribution < 1.29 is 79.8 Å². The molecule has 0 rings (SSSR count). The molecule has 0 radical (unpaired) electrons. The lowest BCUT2D eigenvalue weighted by Gasteiger charge is -2.39. The fraction of sp³-hybridized carbons (Fsp3) is 0.933. The van der Waals surface area contributed by atoms with Crippen molar-refractivity contribution in [3.05, 3.63) is 0 Å². The van der Waals surface area contributed by atoms with Gasteiger partial charge in [0.1, 0.15) is 20.6 Å². The summed E-state index contributed by atoms with van der Waals surface area (Å²) in [5, 5.41) is 0. The fourth-order valence-corrected chi connectivity index (χ4v) is 3.50. The minimum Gasteiger partial charge on any atom is -0.277 e. The molecule has 0 aromatic heterocycles. The van der Waals surface area contributed by atoms with Gasteiger partial charge in [-0.05, 0) is 0 Å². The summed E-state index contributed by atoms with van der Waals surface area (Å²) in [6.07, 6.45) is -10.5. The number of carbonyl (C=O) groups is 1. The number of hydrogen-bond acceptors (Lipinski definition) is 4. The smallest absolute Gasteiger partial charge is 0.277 e. The zero-order valence-electron chi connectivity index (χ0n) is 17.9. The number of alkyl halides is 13. The van der Waals surface area contributed by atoms with Crippen LogP contribution in [0.25, 0.3) is 0 Å². The third kappa shape index (κ3) is 7.23. The average molecular weight is 571 g/mol. The van der Waals surface area contributed by atoms with Crippen molar-refractivity contribution in [3.8, 4) is 0 Å². The number of nitrogens with one attached hydrogen (secondary N) is 1. The van der Waals surface area contributed by atoms with E-state index in [4.69, 9.17) is 4.84 Å². The van der Waals surface area contributed by atoms with E-state index < -0.39 is 75.1 Å². The molecular weight excluding hydrogens is 551 g/mol. The van der Waals surface area contributed by atoms with Gasteiger partial charge in [-0.2, -0.15) is 57.1 Å². The Morgan fingerprint density at radius 3 is 1.63 bits per heavy atom. The number of carbonyl (C=O) groups excluding carboxylic acids is 1. The first kappa shape index (κ1) is 33.4. The molecule has 0 aliphatic carbocycles. The predicted molar refractivity (Wildman–Crippen MR) is 90.6 cm³/mol. The Balaban J connectivity index is 5.46. The Labute approximate surface area is 190 Å². The molecule has 0 heterocycles. The van der Waals surface area contributed by atoms with E-state index in [1.807, 2.05) is 0 Å². The van der Waals surface area contributed by atoms with Gasteiger partial charge in [-0.15, -0.1) is 4.65 Å². The quantitative estimate of drug-likeness (QED) is 0.157. The van der Waals surface area contributed by atoms with Gasteiger partial charge in [0, 0.05) is 26.3 Å². The summed E-state index contributed by atoms with van der Waals surface area (Å²) in [5.74, 6) is -40.8. The van der Waals surface area contributed by atoms with E-state index in [0.29, 0.717) is 0 Å². The van der Waals surface area contributed by atoms with Gasteiger partial charge in [-0.25, -0.2) is 17.9 Å². The van der Waals surface area contributed by atoms with Crippen LogP contribution >= 0.6 is 0 Å².